The van der Waals surface area contributed by atoms with Crippen molar-refractivity contribution in [1.82, 2.24) is 9.13 Å². The first-order valence-corrected chi connectivity index (χ1v) is 30.6. The minimum absolute atomic E-state index is 0.773. The Morgan fingerprint density at radius 1 is 0.284 bits per heavy atom. The van der Waals surface area contributed by atoms with Gasteiger partial charge in [0.1, 0.15) is 11.5 Å². The summed E-state index contributed by atoms with van der Waals surface area (Å²) in [6.45, 7) is 0. The fraction of sp³-hybridized carbons (Fsp3) is 0.0353. The number of fused-ring (bicyclic) bond motifs is 8. The molecule has 0 N–H and O–H groups in total. The normalized spacial score (nSPS) is 12.8. The van der Waals surface area contributed by atoms with Crippen molar-refractivity contribution in [2.75, 3.05) is 0 Å². The molecular formula is C85H58N2O. The van der Waals surface area contributed by atoms with E-state index in [1.807, 2.05) is 0 Å². The third-order valence-electron chi connectivity index (χ3n) is 18.3. The van der Waals surface area contributed by atoms with Crippen LogP contribution >= 0.6 is 0 Å². The van der Waals surface area contributed by atoms with Crippen LogP contribution in [-0.2, 0) is 6.42 Å². The zero-order valence-corrected chi connectivity index (χ0v) is 48.4. The van der Waals surface area contributed by atoms with Crippen LogP contribution in [0.2, 0.25) is 0 Å². The van der Waals surface area contributed by atoms with Crippen molar-refractivity contribution in [3.8, 4) is 101 Å². The lowest BCUT2D eigenvalue weighted by Crippen LogP contribution is -1.93. The summed E-state index contributed by atoms with van der Waals surface area (Å²) < 4.78 is 11.9. The zero-order chi connectivity index (χ0) is 58.1. The predicted octanol–water partition coefficient (Wildman–Crippen LogP) is 23.0. The van der Waals surface area contributed by atoms with Crippen LogP contribution in [0.15, 0.2) is 321 Å². The Morgan fingerprint density at radius 2 is 0.716 bits per heavy atom. The average Bonchev–Trinajstić information content (AvgIpc) is 2.92. The van der Waals surface area contributed by atoms with Gasteiger partial charge in [0.2, 0.25) is 0 Å². The quantitative estimate of drug-likeness (QED) is 0.126. The molecule has 88 heavy (non-hydrogen) atoms. The van der Waals surface area contributed by atoms with Gasteiger partial charge in [0, 0.05) is 38.5 Å². The molecule has 0 bridgehead atoms. The Bertz CT molecular complexity index is 5290. The van der Waals surface area contributed by atoms with E-state index in [4.69, 9.17) is 4.74 Å². The van der Waals surface area contributed by atoms with Crippen LogP contribution in [-0.4, -0.2) is 9.13 Å². The third kappa shape index (κ3) is 8.90. The van der Waals surface area contributed by atoms with Crippen LogP contribution in [0.1, 0.15) is 24.0 Å². The Labute approximate surface area is 512 Å². The Kier molecular flexibility index (Phi) is 12.4. The van der Waals surface area contributed by atoms with Crippen LogP contribution in [0.4, 0.5) is 0 Å². The fourth-order valence-electron chi connectivity index (χ4n) is 14.1. The molecule has 0 spiro atoms. The van der Waals surface area contributed by atoms with Crippen LogP contribution in [0, 0.1) is 0 Å². The van der Waals surface area contributed by atoms with Gasteiger partial charge >= 0.3 is 0 Å². The van der Waals surface area contributed by atoms with Gasteiger partial charge in [0.05, 0.1) is 22.1 Å². The zero-order valence-electron chi connectivity index (χ0n) is 48.4. The SMILES string of the molecule is C1=CC2=C(CC1)Cc1ccc(-c3ccc4c(c3)c3cc(-c5ccc6c(c5)c5cc(Oc7ccccc7-c7ccccc7-c7ccc(-c8cccc(-c9ccccc9-c9ccccc9)c8)cc7)ccc5n6-c5ccccc5)ccc3n4-c3ccccc3)cc12. The highest BCUT2D eigenvalue weighted by molar-refractivity contribution is 6.14. The minimum Gasteiger partial charge on any atom is -0.457 e. The lowest BCUT2D eigenvalue weighted by atomic mass is 9.91. The summed E-state index contributed by atoms with van der Waals surface area (Å²) in [5.41, 5.74) is 29.1. The topological polar surface area (TPSA) is 19.1 Å². The van der Waals surface area contributed by atoms with Crippen LogP contribution in [0.25, 0.3) is 138 Å². The van der Waals surface area contributed by atoms with E-state index in [1.54, 1.807) is 5.57 Å². The van der Waals surface area contributed by atoms with E-state index in [1.165, 1.54) is 83.0 Å². The minimum atomic E-state index is 0.773. The molecule has 0 saturated carbocycles. The van der Waals surface area contributed by atoms with Gasteiger partial charge in [-0.15, -0.1) is 0 Å². The van der Waals surface area contributed by atoms with Gasteiger partial charge < -0.3 is 13.9 Å². The summed E-state index contributed by atoms with van der Waals surface area (Å²) in [4.78, 5) is 0. The second kappa shape index (κ2) is 21.4. The summed E-state index contributed by atoms with van der Waals surface area (Å²) in [6, 6.07) is 111. The lowest BCUT2D eigenvalue weighted by Gasteiger charge is -2.16. The van der Waals surface area contributed by atoms with Crippen molar-refractivity contribution >= 4 is 49.2 Å². The number of aromatic nitrogens is 2. The largest absolute Gasteiger partial charge is 0.457 e. The van der Waals surface area contributed by atoms with Gasteiger partial charge in [-0.2, -0.15) is 0 Å². The van der Waals surface area contributed by atoms with Crippen LogP contribution < -0.4 is 4.74 Å². The standard InChI is InChI=1S/C85H58N2O/c1-4-19-57(20-5-1)70-28-12-13-30-72(70)65-23-18-22-59(49-65)56-35-37-58(38-36-56)71-29-14-15-32-74(71)75-33-16-17-34-85(75)88-69-44-48-84-80(55-69)79-54-63(43-47-83(79)87(84)68-26-8-3-9-27-68)62-42-46-82-78(53-62)77-52-61(41-45-81(77)86(82)67-24-6-2-7-25-67)60-39-40-66-50-64-21-10-11-31-73(64)76(66)51-60/h1-9,11-20,22-49,51-55H,10,21,50H2. The van der Waals surface area contributed by atoms with Crippen molar-refractivity contribution < 1.29 is 4.74 Å². The van der Waals surface area contributed by atoms with Crippen molar-refractivity contribution in [2.24, 2.45) is 0 Å². The van der Waals surface area contributed by atoms with Gasteiger partial charge in [-0.1, -0.05) is 224 Å². The highest BCUT2D eigenvalue weighted by atomic mass is 16.5. The molecule has 2 aromatic heterocycles. The van der Waals surface area contributed by atoms with Gasteiger partial charge in [-0.05, 0) is 205 Å². The molecule has 2 aliphatic rings. The number of rotatable bonds is 11. The summed E-state index contributed by atoms with van der Waals surface area (Å²) in [7, 11) is 0. The average molecular weight is 1120 g/mol. The summed E-state index contributed by atoms with van der Waals surface area (Å²) in [6.07, 6.45) is 8.06. The molecule has 17 rings (SSSR count). The molecule has 2 aliphatic carbocycles. The molecule has 0 saturated heterocycles. The second-order valence-electron chi connectivity index (χ2n) is 23.4. The number of ether oxygens (including phenoxy) is 1. The number of nitrogens with zero attached hydrogens (tertiary/aromatic N) is 2. The summed E-state index contributed by atoms with van der Waals surface area (Å²) >= 11 is 0. The van der Waals surface area contributed by atoms with E-state index in [0.29, 0.717) is 0 Å². The Hall–Kier alpha value is -11.3. The molecule has 0 amide bonds. The van der Waals surface area contributed by atoms with Crippen LogP contribution in [0.3, 0.4) is 0 Å². The molecule has 2 heterocycles. The Balaban J connectivity index is 0.726. The first-order valence-electron chi connectivity index (χ1n) is 30.6. The number of benzene rings is 13. The van der Waals surface area contributed by atoms with E-state index in [0.717, 1.165) is 97.3 Å². The molecule has 0 fully saturated rings. The predicted molar refractivity (Wildman–Crippen MR) is 369 cm³/mol. The fourth-order valence-corrected chi connectivity index (χ4v) is 14.1. The van der Waals surface area contributed by atoms with Gasteiger partial charge in [0.25, 0.3) is 0 Å². The van der Waals surface area contributed by atoms with Crippen molar-refractivity contribution in [3.63, 3.8) is 0 Å². The van der Waals surface area contributed by atoms with E-state index in [2.05, 4.69) is 325 Å². The molecule has 3 nitrogen and oxygen atoms in total. The monoisotopic (exact) mass is 1120 g/mol. The number of para-hydroxylation sites is 3. The molecular weight excluding hydrogens is 1060 g/mol. The summed E-state index contributed by atoms with van der Waals surface area (Å²) in [5, 5.41) is 4.74. The molecule has 13 aromatic carbocycles. The van der Waals surface area contributed by atoms with Gasteiger partial charge in [0.15, 0.2) is 0 Å². The van der Waals surface area contributed by atoms with E-state index in [-0.39, 0.29) is 0 Å². The van der Waals surface area contributed by atoms with Crippen molar-refractivity contribution in [2.45, 2.75) is 19.3 Å². The van der Waals surface area contributed by atoms with Crippen molar-refractivity contribution in [1.29, 1.82) is 0 Å². The molecule has 3 heteroatoms. The first kappa shape index (κ1) is 51.2. The maximum Gasteiger partial charge on any atom is 0.135 e. The molecule has 0 unspecified atom stereocenters. The van der Waals surface area contributed by atoms with E-state index in [9.17, 15) is 0 Å². The van der Waals surface area contributed by atoms with E-state index < -0.39 is 0 Å². The first-order chi connectivity index (χ1) is 43.6. The third-order valence-corrected chi connectivity index (χ3v) is 18.3. The number of allylic oxidation sites excluding steroid dienone is 4. The smallest absolute Gasteiger partial charge is 0.135 e. The molecule has 0 aliphatic heterocycles. The number of hydrogen-bond acceptors (Lipinski definition) is 1. The van der Waals surface area contributed by atoms with Crippen molar-refractivity contribution in [3.05, 3.63) is 332 Å². The van der Waals surface area contributed by atoms with Gasteiger partial charge in [-0.3, -0.25) is 0 Å². The maximum absolute atomic E-state index is 7.10. The highest BCUT2D eigenvalue weighted by Crippen LogP contribution is 2.46. The van der Waals surface area contributed by atoms with Gasteiger partial charge in [-0.25, -0.2) is 0 Å². The summed E-state index contributed by atoms with van der Waals surface area (Å²) in [5.74, 6) is 1.57. The van der Waals surface area contributed by atoms with E-state index >= 15 is 0 Å². The molecule has 414 valence electrons. The Morgan fingerprint density at radius 3 is 1.34 bits per heavy atom. The highest BCUT2D eigenvalue weighted by Gasteiger charge is 2.24. The maximum atomic E-state index is 7.10. The van der Waals surface area contributed by atoms with Crippen LogP contribution in [0.5, 0.6) is 11.5 Å². The number of hydrogen-bond donors (Lipinski definition) is 0. The molecule has 0 radical (unpaired) electrons. The second-order valence-corrected chi connectivity index (χ2v) is 23.4. The molecule has 15 aromatic rings. The molecule has 0 atom stereocenters. The lowest BCUT2D eigenvalue weighted by molar-refractivity contribution is 0.485.